The van der Waals surface area contributed by atoms with Crippen LogP contribution in [-0.2, 0) is 6.54 Å². The maximum Gasteiger partial charge on any atom is 0.232 e. The van der Waals surface area contributed by atoms with E-state index in [0.29, 0.717) is 42.7 Å². The molecule has 1 N–H and O–H groups in total. The van der Waals surface area contributed by atoms with E-state index >= 15 is 0 Å². The number of nitrogens with one attached hydrogen (secondary N) is 1. The van der Waals surface area contributed by atoms with Crippen LogP contribution in [0.4, 0.5) is 5.69 Å². The first kappa shape index (κ1) is 25.3. The van der Waals surface area contributed by atoms with Gasteiger partial charge in [0.05, 0.1) is 6.04 Å². The molecule has 4 aliphatic heterocycles. The third kappa shape index (κ3) is 4.40. The Morgan fingerprint density at radius 1 is 1.13 bits per heavy atom. The van der Waals surface area contributed by atoms with Crippen molar-refractivity contribution in [3.05, 3.63) is 63.8 Å². The van der Waals surface area contributed by atoms with E-state index < -0.39 is 0 Å². The van der Waals surface area contributed by atoms with Crippen LogP contribution < -0.4 is 15.0 Å². The van der Waals surface area contributed by atoms with Gasteiger partial charge in [0, 0.05) is 71.6 Å². The summed E-state index contributed by atoms with van der Waals surface area (Å²) in [5, 5.41) is 16.5. The molecule has 202 valence electrons. The smallest absolute Gasteiger partial charge is 0.232 e. The highest BCUT2D eigenvalue weighted by Crippen LogP contribution is 2.44. The lowest BCUT2D eigenvalue weighted by Crippen LogP contribution is -2.56. The number of pyridine rings is 1. The lowest BCUT2D eigenvalue weighted by molar-refractivity contribution is 0.0963. The second kappa shape index (κ2) is 10.4. The zero-order chi connectivity index (χ0) is 26.5. The topological polar surface area (TPSA) is 67.7 Å². The number of halogens is 1. The largest absolute Gasteiger partial charge is 0.475 e. The van der Waals surface area contributed by atoms with E-state index in [4.69, 9.17) is 9.72 Å². The van der Waals surface area contributed by atoms with Crippen molar-refractivity contribution in [3.63, 3.8) is 0 Å². The molecule has 0 spiro atoms. The highest BCUT2D eigenvalue weighted by molar-refractivity contribution is 9.10. The van der Waals surface area contributed by atoms with Crippen molar-refractivity contribution in [3.8, 4) is 11.9 Å². The molecular weight excluding hydrogens is 552 g/mol. The predicted molar refractivity (Wildman–Crippen MR) is 157 cm³/mol. The molecule has 0 radical (unpaired) electrons. The van der Waals surface area contributed by atoms with Crippen molar-refractivity contribution < 1.29 is 4.74 Å². The van der Waals surface area contributed by atoms with Crippen molar-refractivity contribution in [2.24, 2.45) is 0 Å². The molecule has 39 heavy (non-hydrogen) atoms. The minimum absolute atomic E-state index is 0.181. The molecule has 1 aromatic heterocycles. The third-order valence-electron chi connectivity index (χ3n) is 9.45. The normalized spacial score (nSPS) is 27.1. The first-order valence-electron chi connectivity index (χ1n) is 14.3. The Morgan fingerprint density at radius 2 is 1.92 bits per heavy atom. The Bertz CT molecular complexity index is 1420. The van der Waals surface area contributed by atoms with Crippen LogP contribution in [0.1, 0.15) is 48.4 Å². The van der Waals surface area contributed by atoms with E-state index in [-0.39, 0.29) is 6.04 Å². The number of ether oxygens (including phenoxy) is 1. The molecule has 4 atom stereocenters. The molecule has 3 fully saturated rings. The second-order valence-electron chi connectivity index (χ2n) is 11.6. The number of piperazine rings is 1. The minimum atomic E-state index is 0.181. The summed E-state index contributed by atoms with van der Waals surface area (Å²) in [7, 11) is 2.15. The monoisotopic (exact) mass is 586 g/mol. The molecule has 3 aromatic rings. The van der Waals surface area contributed by atoms with Crippen LogP contribution in [0.5, 0.6) is 5.88 Å². The molecule has 2 aromatic carbocycles. The van der Waals surface area contributed by atoms with Gasteiger partial charge in [-0.1, -0.05) is 40.2 Å². The molecule has 0 aliphatic carbocycles. The molecule has 3 saturated heterocycles. The van der Waals surface area contributed by atoms with Crippen molar-refractivity contribution in [2.75, 3.05) is 44.7 Å². The Hall–Kier alpha value is -2.70. The van der Waals surface area contributed by atoms with Crippen molar-refractivity contribution in [1.82, 2.24) is 20.1 Å². The van der Waals surface area contributed by atoms with Gasteiger partial charge in [-0.3, -0.25) is 4.90 Å². The van der Waals surface area contributed by atoms with Gasteiger partial charge < -0.3 is 19.9 Å². The summed E-state index contributed by atoms with van der Waals surface area (Å²) >= 11 is 3.83. The minimum Gasteiger partial charge on any atom is -0.475 e. The van der Waals surface area contributed by atoms with Crippen molar-refractivity contribution in [2.45, 2.75) is 56.4 Å². The van der Waals surface area contributed by atoms with Gasteiger partial charge in [-0.25, -0.2) is 4.98 Å². The highest BCUT2D eigenvalue weighted by atomic mass is 79.9. The van der Waals surface area contributed by atoms with Crippen LogP contribution in [0.15, 0.2) is 47.1 Å². The van der Waals surface area contributed by atoms with E-state index in [1.807, 2.05) is 6.20 Å². The molecule has 5 heterocycles. The van der Waals surface area contributed by atoms with Crippen LogP contribution in [0.3, 0.4) is 0 Å². The summed E-state index contributed by atoms with van der Waals surface area (Å²) in [5.74, 6) is 0.486. The summed E-state index contributed by atoms with van der Waals surface area (Å²) in [5.41, 5.74) is 4.07. The van der Waals surface area contributed by atoms with E-state index in [0.717, 1.165) is 42.6 Å². The number of hydrogen-bond donors (Lipinski definition) is 1. The molecule has 0 amide bonds. The number of rotatable bonds is 5. The number of fused-ring (bicyclic) bond motifs is 4. The Kier molecular flexibility index (Phi) is 6.72. The fourth-order valence-electron chi connectivity index (χ4n) is 7.45. The van der Waals surface area contributed by atoms with Gasteiger partial charge >= 0.3 is 0 Å². The molecule has 7 rings (SSSR count). The number of likely N-dealkylation sites (tertiary alicyclic amines) is 1. The van der Waals surface area contributed by atoms with Crippen LogP contribution in [0, 0.1) is 11.3 Å². The van der Waals surface area contributed by atoms with Crippen LogP contribution in [0.25, 0.3) is 10.8 Å². The highest BCUT2D eigenvalue weighted by Gasteiger charge is 2.44. The third-order valence-corrected chi connectivity index (χ3v) is 10.1. The van der Waals surface area contributed by atoms with Gasteiger partial charge in [0.15, 0.2) is 0 Å². The van der Waals surface area contributed by atoms with E-state index in [1.54, 1.807) is 0 Å². The molecular formula is C31H35BrN6O. The maximum atomic E-state index is 10.5. The van der Waals surface area contributed by atoms with E-state index in [9.17, 15) is 5.26 Å². The van der Waals surface area contributed by atoms with Crippen LogP contribution in [-0.4, -0.2) is 72.7 Å². The zero-order valence-electron chi connectivity index (χ0n) is 22.4. The summed E-state index contributed by atoms with van der Waals surface area (Å²) in [6, 6.07) is 17.0. The number of nitriles is 1. The van der Waals surface area contributed by atoms with Gasteiger partial charge in [-0.05, 0) is 62.4 Å². The first-order valence-corrected chi connectivity index (χ1v) is 15.1. The number of anilines is 1. The standard InChI is InChI=1S/C31H35BrN6O/c1-36-12-4-7-23(36)19-39-31-24(13-33)26-17-37(28-9-3-6-20-5-2-8-27(32)30(20)28)18-29(25(26)16-35-31)38-21-10-11-22(38)15-34-14-21/h2-3,5-6,8-9,16,21-23,29,34H,4,7,10-12,14-15,17-19H2,1H3/t21-,22+,23?,29?. The lowest BCUT2D eigenvalue weighted by Gasteiger charge is -2.46. The van der Waals surface area contributed by atoms with Crippen molar-refractivity contribution in [1.29, 1.82) is 5.26 Å². The molecule has 2 unspecified atom stereocenters. The van der Waals surface area contributed by atoms with Gasteiger partial charge in [0.2, 0.25) is 5.88 Å². The molecule has 0 saturated carbocycles. The molecule has 4 aliphatic rings. The maximum absolute atomic E-state index is 10.5. The summed E-state index contributed by atoms with van der Waals surface area (Å²) in [6.07, 6.45) is 6.78. The SMILES string of the molecule is CN1CCCC1COc1ncc2c(c1C#N)CN(c1cccc3cccc(Br)c13)CC2N1[C@@H]2CC[C@H]1CNC2. The number of aromatic nitrogens is 1. The fourth-order valence-corrected chi connectivity index (χ4v) is 8.04. The molecule has 8 heteroatoms. The summed E-state index contributed by atoms with van der Waals surface area (Å²) in [4.78, 5) is 12.4. The molecule has 2 bridgehead atoms. The fraction of sp³-hybridized carbons (Fsp3) is 0.484. The average Bonchev–Trinajstić information content (AvgIpc) is 3.48. The van der Waals surface area contributed by atoms with Gasteiger partial charge in [0.1, 0.15) is 18.2 Å². The Labute approximate surface area is 238 Å². The van der Waals surface area contributed by atoms with Crippen LogP contribution in [0.2, 0.25) is 0 Å². The number of nitrogens with zero attached hydrogens (tertiary/aromatic N) is 5. The van der Waals surface area contributed by atoms with Gasteiger partial charge in [-0.2, -0.15) is 5.26 Å². The quantitative estimate of drug-likeness (QED) is 0.459. The first-order chi connectivity index (χ1) is 19.1. The Balaban J connectivity index is 1.31. The van der Waals surface area contributed by atoms with Gasteiger partial charge in [-0.15, -0.1) is 0 Å². The average molecular weight is 588 g/mol. The van der Waals surface area contributed by atoms with Crippen molar-refractivity contribution >= 4 is 32.4 Å². The summed E-state index contributed by atoms with van der Waals surface area (Å²) in [6.45, 7) is 5.26. The Morgan fingerprint density at radius 3 is 2.67 bits per heavy atom. The van der Waals surface area contributed by atoms with Crippen LogP contribution >= 0.6 is 15.9 Å². The predicted octanol–water partition coefficient (Wildman–Crippen LogP) is 4.84. The number of hydrogen-bond acceptors (Lipinski definition) is 7. The lowest BCUT2D eigenvalue weighted by atomic mass is 9.90. The number of benzene rings is 2. The number of likely N-dealkylation sites (N-methyl/N-ethyl adjacent to an activating group) is 1. The van der Waals surface area contributed by atoms with Gasteiger partial charge in [0.25, 0.3) is 0 Å². The second-order valence-corrected chi connectivity index (χ2v) is 12.4. The van der Waals surface area contributed by atoms with E-state index in [1.165, 1.54) is 41.3 Å². The summed E-state index contributed by atoms with van der Waals surface area (Å²) < 4.78 is 7.39. The molecule has 7 nitrogen and oxygen atoms in total. The zero-order valence-corrected chi connectivity index (χ0v) is 24.0. The van der Waals surface area contributed by atoms with E-state index in [2.05, 4.69) is 85.5 Å².